The van der Waals surface area contributed by atoms with Crippen molar-refractivity contribution in [3.63, 3.8) is 0 Å². The minimum atomic E-state index is 0.0735. The molecule has 0 spiro atoms. The molecule has 0 N–H and O–H groups in total. The number of hydrogen-bond donors (Lipinski definition) is 0. The lowest BCUT2D eigenvalue weighted by Crippen LogP contribution is -2.47. The number of carbonyl (C=O) groups excluding carboxylic acids is 1. The number of piperazine rings is 1. The molecule has 2 aromatic carbocycles. The van der Waals surface area contributed by atoms with Crippen LogP contribution in [0.25, 0.3) is 10.8 Å². The van der Waals surface area contributed by atoms with Gasteiger partial charge in [0.1, 0.15) is 6.61 Å². The fraction of sp³-hybridized carbons (Fsp3) is 0.520. The van der Waals surface area contributed by atoms with E-state index in [1.807, 2.05) is 35.4 Å². The number of methoxy groups -OCH3 is 1. The highest BCUT2D eigenvalue weighted by Gasteiger charge is 2.31. The van der Waals surface area contributed by atoms with Crippen LogP contribution in [0, 0.1) is 0 Å². The molecule has 0 aromatic heterocycles. The largest absolute Gasteiger partial charge is 0.493 e. The van der Waals surface area contributed by atoms with Gasteiger partial charge in [0.2, 0.25) is 0 Å². The third-order valence-electron chi connectivity index (χ3n) is 6.99. The van der Waals surface area contributed by atoms with Gasteiger partial charge in [-0.05, 0) is 54.4 Å². The molecule has 1 atom stereocenters. The Balaban J connectivity index is 1.35. The van der Waals surface area contributed by atoms with Gasteiger partial charge >= 0.3 is 0 Å². The van der Waals surface area contributed by atoms with Crippen LogP contribution in [0.5, 0.6) is 11.5 Å². The van der Waals surface area contributed by atoms with Gasteiger partial charge in [0.25, 0.3) is 5.91 Å². The van der Waals surface area contributed by atoms with E-state index in [2.05, 4.69) is 21.7 Å². The van der Waals surface area contributed by atoms with Gasteiger partial charge in [-0.2, -0.15) is 0 Å². The summed E-state index contributed by atoms with van der Waals surface area (Å²) in [7, 11) is 1.66. The van der Waals surface area contributed by atoms with Crippen LogP contribution in [0.1, 0.15) is 30.1 Å². The fourth-order valence-electron chi connectivity index (χ4n) is 4.98. The molecule has 3 aliphatic heterocycles. The summed E-state index contributed by atoms with van der Waals surface area (Å²) in [5.41, 5.74) is 1.40. The van der Waals surface area contributed by atoms with E-state index in [-0.39, 0.29) is 11.9 Å². The van der Waals surface area contributed by atoms with Gasteiger partial charge < -0.3 is 19.3 Å². The number of hydrogen-bond acceptors (Lipinski definition) is 6. The lowest BCUT2D eigenvalue weighted by molar-refractivity contribution is 0.0775. The van der Waals surface area contributed by atoms with Crippen LogP contribution in [0.15, 0.2) is 29.3 Å². The first-order valence-electron chi connectivity index (χ1n) is 11.7. The lowest BCUT2D eigenvalue weighted by Gasteiger charge is -2.33. The highest BCUT2D eigenvalue weighted by Crippen LogP contribution is 2.37. The van der Waals surface area contributed by atoms with E-state index in [4.69, 9.17) is 9.47 Å². The smallest absolute Gasteiger partial charge is 0.256 e. The number of fused-ring (bicyclic) bond motifs is 3. The van der Waals surface area contributed by atoms with Crippen LogP contribution in [-0.4, -0.2) is 92.4 Å². The molecule has 5 rings (SSSR count). The molecule has 0 bridgehead atoms. The number of aliphatic imine (C=N–C) groups is 1. The van der Waals surface area contributed by atoms with Crippen molar-refractivity contribution in [2.75, 3.05) is 59.5 Å². The van der Waals surface area contributed by atoms with Crippen LogP contribution in [-0.2, 0) is 0 Å². The molecule has 2 fully saturated rings. The van der Waals surface area contributed by atoms with Crippen molar-refractivity contribution < 1.29 is 14.3 Å². The zero-order valence-corrected chi connectivity index (χ0v) is 19.0. The Morgan fingerprint density at radius 2 is 1.75 bits per heavy atom. The Hall–Kier alpha value is -2.64. The third kappa shape index (κ3) is 4.07. The summed E-state index contributed by atoms with van der Waals surface area (Å²) in [5.74, 6) is 1.50. The average Bonchev–Trinajstić information content (AvgIpc) is 3.26. The SMILES string of the molecule is CCN1CCN(CCOc2cc3cc4c(cc3cc2OC)C(=O)N2CCC[C@H]2C=N4)CC1. The van der Waals surface area contributed by atoms with Crippen molar-refractivity contribution in [2.45, 2.75) is 25.8 Å². The first-order valence-corrected chi connectivity index (χ1v) is 11.7. The topological polar surface area (TPSA) is 57.6 Å². The summed E-state index contributed by atoms with van der Waals surface area (Å²) in [6, 6.07) is 8.04. The van der Waals surface area contributed by atoms with E-state index in [0.29, 0.717) is 17.9 Å². The number of benzene rings is 2. The number of rotatable bonds is 6. The molecule has 0 unspecified atom stereocenters. The van der Waals surface area contributed by atoms with E-state index >= 15 is 0 Å². The number of carbonyl (C=O) groups is 1. The summed E-state index contributed by atoms with van der Waals surface area (Å²) in [6.07, 6.45) is 3.96. The number of amides is 1. The highest BCUT2D eigenvalue weighted by molar-refractivity contribution is 6.07. The Morgan fingerprint density at radius 3 is 2.53 bits per heavy atom. The maximum absolute atomic E-state index is 13.1. The van der Waals surface area contributed by atoms with Crippen molar-refractivity contribution in [3.8, 4) is 11.5 Å². The third-order valence-corrected chi connectivity index (χ3v) is 6.99. The average molecular weight is 437 g/mol. The van der Waals surface area contributed by atoms with E-state index < -0.39 is 0 Å². The molecule has 3 aliphatic rings. The fourth-order valence-corrected chi connectivity index (χ4v) is 4.98. The van der Waals surface area contributed by atoms with Gasteiger partial charge in [-0.25, -0.2) is 0 Å². The van der Waals surface area contributed by atoms with Crippen LogP contribution in [0.3, 0.4) is 0 Å². The lowest BCUT2D eigenvalue weighted by atomic mass is 10.0. The highest BCUT2D eigenvalue weighted by atomic mass is 16.5. The van der Waals surface area contributed by atoms with E-state index in [1.165, 1.54) is 0 Å². The molecule has 170 valence electrons. The zero-order chi connectivity index (χ0) is 22.1. The second-order valence-electron chi connectivity index (χ2n) is 8.83. The molecule has 32 heavy (non-hydrogen) atoms. The van der Waals surface area contributed by atoms with E-state index in [9.17, 15) is 4.79 Å². The summed E-state index contributed by atoms with van der Waals surface area (Å²) >= 11 is 0. The van der Waals surface area contributed by atoms with Gasteiger partial charge in [-0.3, -0.25) is 14.7 Å². The predicted octanol–water partition coefficient (Wildman–Crippen LogP) is 3.19. The van der Waals surface area contributed by atoms with Crippen LogP contribution >= 0.6 is 0 Å². The van der Waals surface area contributed by atoms with E-state index in [0.717, 1.165) is 80.9 Å². The van der Waals surface area contributed by atoms with Gasteiger partial charge in [0.05, 0.1) is 24.4 Å². The minimum Gasteiger partial charge on any atom is -0.493 e. The summed E-state index contributed by atoms with van der Waals surface area (Å²) in [4.78, 5) is 24.6. The molecule has 7 nitrogen and oxygen atoms in total. The quantitative estimate of drug-likeness (QED) is 0.696. The molecule has 0 radical (unpaired) electrons. The maximum atomic E-state index is 13.1. The first kappa shape index (κ1) is 21.2. The van der Waals surface area contributed by atoms with Crippen LogP contribution < -0.4 is 9.47 Å². The Labute approximate surface area is 189 Å². The Kier molecular flexibility index (Phi) is 6.02. The minimum absolute atomic E-state index is 0.0735. The second kappa shape index (κ2) is 9.08. The number of ether oxygens (including phenoxy) is 2. The molecule has 2 aromatic rings. The molecular formula is C25H32N4O3. The van der Waals surface area contributed by atoms with Crippen molar-refractivity contribution >= 4 is 28.6 Å². The van der Waals surface area contributed by atoms with Crippen molar-refractivity contribution in [2.24, 2.45) is 4.99 Å². The van der Waals surface area contributed by atoms with Crippen molar-refractivity contribution in [3.05, 3.63) is 29.8 Å². The van der Waals surface area contributed by atoms with Crippen LogP contribution in [0.2, 0.25) is 0 Å². The van der Waals surface area contributed by atoms with Gasteiger partial charge in [-0.15, -0.1) is 0 Å². The second-order valence-corrected chi connectivity index (χ2v) is 8.83. The van der Waals surface area contributed by atoms with Gasteiger partial charge in [0, 0.05) is 45.5 Å². The van der Waals surface area contributed by atoms with Gasteiger partial charge in [-0.1, -0.05) is 6.92 Å². The Bertz CT molecular complexity index is 1030. The van der Waals surface area contributed by atoms with Gasteiger partial charge in [0.15, 0.2) is 11.5 Å². The molecule has 2 saturated heterocycles. The van der Waals surface area contributed by atoms with Crippen molar-refractivity contribution in [1.82, 2.24) is 14.7 Å². The summed E-state index contributed by atoms with van der Waals surface area (Å²) in [5, 5.41) is 1.97. The molecule has 7 heteroatoms. The number of nitrogens with zero attached hydrogens (tertiary/aromatic N) is 4. The maximum Gasteiger partial charge on any atom is 0.256 e. The standard InChI is InChI=1S/C25H32N4O3/c1-3-27-7-9-28(10-8-27)11-12-32-24-16-19-14-22-21(13-18(19)15-23(24)31-2)25(30)29-6-4-5-20(29)17-26-22/h13-17,20H,3-12H2,1-2H3/t20-/m0/s1. The molecule has 0 saturated carbocycles. The van der Waals surface area contributed by atoms with E-state index in [1.54, 1.807) is 7.11 Å². The molecule has 3 heterocycles. The zero-order valence-electron chi connectivity index (χ0n) is 19.0. The first-order chi connectivity index (χ1) is 15.7. The normalized spacial score (nSPS) is 21.5. The molecular weight excluding hydrogens is 404 g/mol. The predicted molar refractivity (Wildman–Crippen MR) is 127 cm³/mol. The number of likely N-dealkylation sites (N-methyl/N-ethyl adjacent to an activating group) is 1. The molecule has 0 aliphatic carbocycles. The monoisotopic (exact) mass is 436 g/mol. The van der Waals surface area contributed by atoms with Crippen LogP contribution in [0.4, 0.5) is 5.69 Å². The molecule has 1 amide bonds. The van der Waals surface area contributed by atoms with Crippen molar-refractivity contribution in [1.29, 1.82) is 0 Å². The Morgan fingerprint density at radius 1 is 1.00 bits per heavy atom. The summed E-state index contributed by atoms with van der Waals surface area (Å²) in [6.45, 7) is 10.1. The summed E-state index contributed by atoms with van der Waals surface area (Å²) < 4.78 is 11.8.